The molecule has 1 N–H and O–H groups in total. The normalized spacial score (nSPS) is 25.9. The SMILES string of the molecule is CN(C)C1(Cc2ccccc2)CNCCO1. The molecule has 0 saturated carbocycles. The van der Waals surface area contributed by atoms with Crippen molar-refractivity contribution in [2.75, 3.05) is 33.8 Å². The lowest BCUT2D eigenvalue weighted by Crippen LogP contribution is -2.59. The Morgan fingerprint density at radius 1 is 1.31 bits per heavy atom. The van der Waals surface area contributed by atoms with Crippen LogP contribution in [-0.2, 0) is 11.2 Å². The molecule has 2 rings (SSSR count). The second-order valence-corrected chi connectivity index (χ2v) is 4.53. The molecule has 1 atom stereocenters. The summed E-state index contributed by atoms with van der Waals surface area (Å²) in [7, 11) is 4.16. The minimum Gasteiger partial charge on any atom is -0.357 e. The van der Waals surface area contributed by atoms with Crippen LogP contribution in [0.15, 0.2) is 30.3 Å². The Hall–Kier alpha value is -0.900. The number of morpholine rings is 1. The molecule has 88 valence electrons. The first-order valence-corrected chi connectivity index (χ1v) is 5.79. The molecule has 0 radical (unpaired) electrons. The maximum atomic E-state index is 5.99. The number of likely N-dealkylation sites (N-methyl/N-ethyl adjacent to an activating group) is 1. The molecule has 16 heavy (non-hydrogen) atoms. The van der Waals surface area contributed by atoms with E-state index in [2.05, 4.69) is 48.6 Å². The van der Waals surface area contributed by atoms with Crippen molar-refractivity contribution in [3.8, 4) is 0 Å². The molecule has 1 saturated heterocycles. The van der Waals surface area contributed by atoms with Crippen LogP contribution >= 0.6 is 0 Å². The smallest absolute Gasteiger partial charge is 0.137 e. The van der Waals surface area contributed by atoms with Gasteiger partial charge in [0.15, 0.2) is 0 Å². The Balaban J connectivity index is 2.14. The average Bonchev–Trinajstić information content (AvgIpc) is 2.31. The predicted octanol–water partition coefficient (Wildman–Crippen LogP) is 1.11. The summed E-state index contributed by atoms with van der Waals surface area (Å²) in [5, 5.41) is 3.41. The van der Waals surface area contributed by atoms with E-state index in [0.717, 1.165) is 26.1 Å². The van der Waals surface area contributed by atoms with Crippen LogP contribution < -0.4 is 5.32 Å². The number of nitrogens with one attached hydrogen (secondary N) is 1. The van der Waals surface area contributed by atoms with E-state index in [1.165, 1.54) is 5.56 Å². The maximum absolute atomic E-state index is 5.99. The summed E-state index contributed by atoms with van der Waals surface area (Å²) in [6.45, 7) is 2.62. The molecule has 1 aromatic carbocycles. The topological polar surface area (TPSA) is 24.5 Å². The van der Waals surface area contributed by atoms with Crippen molar-refractivity contribution in [1.29, 1.82) is 0 Å². The molecule has 0 spiro atoms. The summed E-state index contributed by atoms with van der Waals surface area (Å²) in [5.74, 6) is 0. The van der Waals surface area contributed by atoms with Crippen LogP contribution in [-0.4, -0.2) is 44.4 Å². The highest BCUT2D eigenvalue weighted by Crippen LogP contribution is 2.21. The monoisotopic (exact) mass is 220 g/mol. The van der Waals surface area contributed by atoms with E-state index in [0.29, 0.717) is 0 Å². The Labute approximate surface area is 97.4 Å². The van der Waals surface area contributed by atoms with Crippen molar-refractivity contribution in [3.63, 3.8) is 0 Å². The maximum Gasteiger partial charge on any atom is 0.137 e. The van der Waals surface area contributed by atoms with E-state index in [1.807, 2.05) is 6.07 Å². The van der Waals surface area contributed by atoms with Gasteiger partial charge in [-0.1, -0.05) is 30.3 Å². The molecular formula is C13H20N2O. The molecule has 1 fully saturated rings. The van der Waals surface area contributed by atoms with E-state index in [-0.39, 0.29) is 5.72 Å². The number of hydrogen-bond donors (Lipinski definition) is 1. The molecule has 3 heteroatoms. The van der Waals surface area contributed by atoms with E-state index in [4.69, 9.17) is 4.74 Å². The van der Waals surface area contributed by atoms with Crippen LogP contribution in [0.3, 0.4) is 0 Å². The Bertz CT molecular complexity index is 318. The second kappa shape index (κ2) is 4.95. The number of ether oxygens (including phenoxy) is 1. The molecule has 0 aromatic heterocycles. The summed E-state index contributed by atoms with van der Waals surface area (Å²) in [5.41, 5.74) is 1.12. The quantitative estimate of drug-likeness (QED) is 0.826. The highest BCUT2D eigenvalue weighted by Gasteiger charge is 2.35. The number of nitrogens with zero attached hydrogens (tertiary/aromatic N) is 1. The molecule has 1 aliphatic rings. The van der Waals surface area contributed by atoms with E-state index >= 15 is 0 Å². The summed E-state index contributed by atoms with van der Waals surface area (Å²) < 4.78 is 5.99. The Morgan fingerprint density at radius 3 is 2.62 bits per heavy atom. The highest BCUT2D eigenvalue weighted by molar-refractivity contribution is 5.17. The fraction of sp³-hybridized carbons (Fsp3) is 0.538. The van der Waals surface area contributed by atoms with Crippen molar-refractivity contribution in [1.82, 2.24) is 10.2 Å². The van der Waals surface area contributed by atoms with Crippen LogP contribution in [0.2, 0.25) is 0 Å². The third-order valence-corrected chi connectivity index (χ3v) is 3.19. The van der Waals surface area contributed by atoms with E-state index < -0.39 is 0 Å². The molecule has 1 aliphatic heterocycles. The zero-order valence-electron chi connectivity index (χ0n) is 10.1. The summed E-state index contributed by atoms with van der Waals surface area (Å²) in [6, 6.07) is 10.5. The van der Waals surface area contributed by atoms with Crippen molar-refractivity contribution in [2.24, 2.45) is 0 Å². The molecule has 1 heterocycles. The molecule has 1 unspecified atom stereocenters. The summed E-state index contributed by atoms with van der Waals surface area (Å²) in [4.78, 5) is 2.17. The van der Waals surface area contributed by atoms with Gasteiger partial charge in [0.2, 0.25) is 0 Å². The van der Waals surface area contributed by atoms with Gasteiger partial charge >= 0.3 is 0 Å². The number of hydrogen-bond acceptors (Lipinski definition) is 3. The van der Waals surface area contributed by atoms with Crippen molar-refractivity contribution in [2.45, 2.75) is 12.1 Å². The zero-order valence-corrected chi connectivity index (χ0v) is 10.1. The summed E-state index contributed by atoms with van der Waals surface area (Å²) >= 11 is 0. The van der Waals surface area contributed by atoms with Crippen molar-refractivity contribution in [3.05, 3.63) is 35.9 Å². The lowest BCUT2D eigenvalue weighted by atomic mass is 10.0. The average molecular weight is 220 g/mol. The fourth-order valence-electron chi connectivity index (χ4n) is 2.12. The minimum absolute atomic E-state index is 0.195. The van der Waals surface area contributed by atoms with Gasteiger partial charge in [-0.05, 0) is 19.7 Å². The molecule has 0 aliphatic carbocycles. The van der Waals surface area contributed by atoms with Crippen molar-refractivity contribution >= 4 is 0 Å². The molecule has 3 nitrogen and oxygen atoms in total. The van der Waals surface area contributed by atoms with Crippen LogP contribution in [0.1, 0.15) is 5.56 Å². The first-order valence-electron chi connectivity index (χ1n) is 5.79. The van der Waals surface area contributed by atoms with Gasteiger partial charge in [-0.25, -0.2) is 0 Å². The predicted molar refractivity (Wildman–Crippen MR) is 65.4 cm³/mol. The van der Waals surface area contributed by atoms with Gasteiger partial charge in [0.05, 0.1) is 6.61 Å². The van der Waals surface area contributed by atoms with E-state index in [9.17, 15) is 0 Å². The molecule has 0 amide bonds. The Kier molecular flexibility index (Phi) is 3.59. The summed E-state index contributed by atoms with van der Waals surface area (Å²) in [6.07, 6.45) is 0.924. The standard InChI is InChI=1S/C13H20N2O/c1-15(2)13(11-14-8-9-16-13)10-12-6-4-3-5-7-12/h3-7,14H,8-11H2,1-2H3. The second-order valence-electron chi connectivity index (χ2n) is 4.53. The third-order valence-electron chi connectivity index (χ3n) is 3.19. The first kappa shape index (κ1) is 11.6. The third kappa shape index (κ3) is 2.43. The van der Waals surface area contributed by atoms with Crippen LogP contribution in [0.5, 0.6) is 0 Å². The van der Waals surface area contributed by atoms with Gasteiger partial charge in [-0.2, -0.15) is 0 Å². The molecule has 1 aromatic rings. The van der Waals surface area contributed by atoms with Gasteiger partial charge in [-0.3, -0.25) is 4.90 Å². The zero-order chi connectivity index (χ0) is 11.4. The van der Waals surface area contributed by atoms with Gasteiger partial charge in [-0.15, -0.1) is 0 Å². The molecular weight excluding hydrogens is 200 g/mol. The number of rotatable bonds is 3. The Morgan fingerprint density at radius 2 is 2.06 bits per heavy atom. The lowest BCUT2D eigenvalue weighted by Gasteiger charge is -2.43. The molecule has 0 bridgehead atoms. The van der Waals surface area contributed by atoms with Gasteiger partial charge in [0.1, 0.15) is 5.72 Å². The largest absolute Gasteiger partial charge is 0.357 e. The van der Waals surface area contributed by atoms with Crippen molar-refractivity contribution < 1.29 is 4.74 Å². The van der Waals surface area contributed by atoms with Crippen LogP contribution in [0.4, 0.5) is 0 Å². The first-order chi connectivity index (χ1) is 7.73. The van der Waals surface area contributed by atoms with Crippen LogP contribution in [0, 0.1) is 0 Å². The van der Waals surface area contributed by atoms with E-state index in [1.54, 1.807) is 0 Å². The van der Waals surface area contributed by atoms with Gasteiger partial charge in [0.25, 0.3) is 0 Å². The van der Waals surface area contributed by atoms with Gasteiger partial charge in [0, 0.05) is 19.5 Å². The van der Waals surface area contributed by atoms with Gasteiger partial charge < -0.3 is 10.1 Å². The fourth-order valence-corrected chi connectivity index (χ4v) is 2.12. The number of benzene rings is 1. The highest BCUT2D eigenvalue weighted by atomic mass is 16.5. The lowest BCUT2D eigenvalue weighted by molar-refractivity contribution is -0.151. The minimum atomic E-state index is -0.195. The van der Waals surface area contributed by atoms with Crippen LogP contribution in [0.25, 0.3) is 0 Å².